The summed E-state index contributed by atoms with van der Waals surface area (Å²) in [6, 6.07) is 18.0. The monoisotopic (exact) mass is 472 g/mol. The smallest absolute Gasteiger partial charge is 0.315 e. The van der Waals surface area contributed by atoms with Gasteiger partial charge in [0.2, 0.25) is 5.91 Å². The molecule has 0 aliphatic carbocycles. The number of carbonyl (C=O) groups is 2. The van der Waals surface area contributed by atoms with Crippen molar-refractivity contribution in [3.8, 4) is 11.8 Å². The van der Waals surface area contributed by atoms with E-state index in [1.54, 1.807) is 28.9 Å². The second kappa shape index (κ2) is 10.9. The van der Waals surface area contributed by atoms with Crippen molar-refractivity contribution in [1.29, 1.82) is 5.26 Å². The largest absolute Gasteiger partial charge is 0.322 e. The number of hydrogen-bond donors (Lipinski definition) is 2. The molecule has 0 saturated carbocycles. The zero-order valence-corrected chi connectivity index (χ0v) is 20.9. The first-order valence-corrected chi connectivity index (χ1v) is 11.6. The van der Waals surface area contributed by atoms with Gasteiger partial charge in [0.05, 0.1) is 23.0 Å². The molecule has 0 spiro atoms. The molecule has 1 heterocycles. The minimum absolute atomic E-state index is 0.111. The van der Waals surface area contributed by atoms with Gasteiger partial charge in [0.25, 0.3) is 0 Å². The number of anilines is 2. The zero-order chi connectivity index (χ0) is 25.6. The van der Waals surface area contributed by atoms with Crippen molar-refractivity contribution in [3.05, 3.63) is 71.4 Å². The van der Waals surface area contributed by atoms with Crippen LogP contribution in [0.3, 0.4) is 0 Å². The normalized spacial score (nSPS) is 11.0. The highest BCUT2D eigenvalue weighted by Gasteiger charge is 2.23. The molecule has 0 fully saturated rings. The molecule has 1 aromatic heterocycles. The van der Waals surface area contributed by atoms with E-state index in [0.29, 0.717) is 30.0 Å². The number of rotatable bonds is 7. The number of aromatic nitrogens is 2. The van der Waals surface area contributed by atoms with Crippen LogP contribution in [0.2, 0.25) is 0 Å². The van der Waals surface area contributed by atoms with E-state index in [-0.39, 0.29) is 23.9 Å². The van der Waals surface area contributed by atoms with Gasteiger partial charge in [-0.1, -0.05) is 45.4 Å². The summed E-state index contributed by atoms with van der Waals surface area (Å²) >= 11 is 0. The van der Waals surface area contributed by atoms with Gasteiger partial charge >= 0.3 is 6.03 Å². The fourth-order valence-electron chi connectivity index (χ4n) is 3.43. The molecular formula is C27H32N6O2. The second-order valence-electron chi connectivity index (χ2n) is 9.50. The number of nitriles is 1. The summed E-state index contributed by atoms with van der Waals surface area (Å²) < 4.78 is 1.72. The first-order valence-electron chi connectivity index (χ1n) is 11.6. The zero-order valence-electron chi connectivity index (χ0n) is 20.9. The fraction of sp³-hybridized carbons (Fsp3) is 0.333. The molecule has 0 bridgehead atoms. The number of carbonyl (C=O) groups excluding carboxylic acids is 2. The van der Waals surface area contributed by atoms with Gasteiger partial charge in [0.1, 0.15) is 12.4 Å². The maximum Gasteiger partial charge on any atom is 0.322 e. The van der Waals surface area contributed by atoms with Crippen molar-refractivity contribution >= 4 is 23.4 Å². The van der Waals surface area contributed by atoms with Gasteiger partial charge < -0.3 is 15.5 Å². The number of amides is 3. The Kier molecular flexibility index (Phi) is 7.92. The Bertz CT molecular complexity index is 1210. The van der Waals surface area contributed by atoms with Crippen LogP contribution in [0.5, 0.6) is 0 Å². The summed E-state index contributed by atoms with van der Waals surface area (Å²) in [5.74, 6) is 0.231. The topological polar surface area (TPSA) is 103 Å². The number of aryl methyl sites for hydroxylation is 1. The van der Waals surface area contributed by atoms with Crippen molar-refractivity contribution < 1.29 is 9.59 Å². The summed E-state index contributed by atoms with van der Waals surface area (Å²) in [6.07, 6.45) is 0.698. The average molecular weight is 473 g/mol. The fourth-order valence-corrected chi connectivity index (χ4v) is 3.43. The highest BCUT2D eigenvalue weighted by molar-refractivity contribution is 5.96. The molecule has 182 valence electrons. The molecule has 0 radical (unpaired) electrons. The predicted molar refractivity (Wildman–Crippen MR) is 138 cm³/mol. The van der Waals surface area contributed by atoms with Gasteiger partial charge in [-0.25, -0.2) is 9.48 Å². The number of urea groups is 1. The van der Waals surface area contributed by atoms with E-state index >= 15 is 0 Å². The van der Waals surface area contributed by atoms with Crippen molar-refractivity contribution in [1.82, 2.24) is 14.7 Å². The molecule has 0 atom stereocenters. The van der Waals surface area contributed by atoms with E-state index in [0.717, 1.165) is 16.9 Å². The highest BCUT2D eigenvalue weighted by Crippen LogP contribution is 2.26. The van der Waals surface area contributed by atoms with E-state index in [2.05, 4.69) is 31.4 Å². The second-order valence-corrected chi connectivity index (χ2v) is 9.50. The Labute approximate surface area is 206 Å². The molecule has 8 heteroatoms. The average Bonchev–Trinajstić information content (AvgIpc) is 3.24. The number of benzene rings is 2. The van der Waals surface area contributed by atoms with Crippen LogP contribution in [0, 0.1) is 18.3 Å². The van der Waals surface area contributed by atoms with Crippen molar-refractivity contribution in [3.63, 3.8) is 0 Å². The van der Waals surface area contributed by atoms with Gasteiger partial charge in [-0.3, -0.25) is 4.79 Å². The van der Waals surface area contributed by atoms with Crippen LogP contribution in [0.4, 0.5) is 16.3 Å². The van der Waals surface area contributed by atoms with Gasteiger partial charge in [0.15, 0.2) is 0 Å². The Hall–Kier alpha value is -4.12. The third-order valence-corrected chi connectivity index (χ3v) is 5.40. The lowest BCUT2D eigenvalue weighted by Gasteiger charge is -2.22. The third kappa shape index (κ3) is 6.70. The molecule has 3 rings (SSSR count). The van der Waals surface area contributed by atoms with Crippen molar-refractivity contribution in [2.24, 2.45) is 0 Å². The first kappa shape index (κ1) is 25.5. The Balaban J connectivity index is 1.77. The van der Waals surface area contributed by atoms with E-state index in [1.165, 1.54) is 4.90 Å². The lowest BCUT2D eigenvalue weighted by molar-refractivity contribution is -0.116. The van der Waals surface area contributed by atoms with E-state index < -0.39 is 0 Å². The summed E-state index contributed by atoms with van der Waals surface area (Å²) in [6.45, 7) is 10.5. The van der Waals surface area contributed by atoms with Crippen LogP contribution in [-0.4, -0.2) is 39.7 Å². The lowest BCUT2D eigenvalue weighted by atomic mass is 9.92. The summed E-state index contributed by atoms with van der Waals surface area (Å²) in [4.78, 5) is 27.3. The third-order valence-electron chi connectivity index (χ3n) is 5.40. The summed E-state index contributed by atoms with van der Waals surface area (Å²) in [5, 5.41) is 19.4. The maximum absolute atomic E-state index is 13.0. The number of hydrogen-bond acceptors (Lipinski definition) is 4. The van der Waals surface area contributed by atoms with E-state index in [1.807, 2.05) is 50.2 Å². The Morgan fingerprint density at radius 2 is 1.71 bits per heavy atom. The Morgan fingerprint density at radius 3 is 2.29 bits per heavy atom. The molecule has 0 unspecified atom stereocenters. The lowest BCUT2D eigenvalue weighted by Crippen LogP contribution is -2.41. The van der Waals surface area contributed by atoms with Crippen molar-refractivity contribution in [2.45, 2.75) is 46.5 Å². The molecule has 3 aromatic rings. The van der Waals surface area contributed by atoms with Crippen molar-refractivity contribution in [2.75, 3.05) is 23.7 Å². The molecule has 2 aromatic carbocycles. The molecular weight excluding hydrogens is 440 g/mol. The minimum atomic E-state index is -0.380. The van der Waals surface area contributed by atoms with E-state index in [9.17, 15) is 9.59 Å². The van der Waals surface area contributed by atoms with Crippen LogP contribution < -0.4 is 10.6 Å². The van der Waals surface area contributed by atoms with Crippen LogP contribution in [0.25, 0.3) is 5.69 Å². The molecule has 8 nitrogen and oxygen atoms in total. The number of nitrogens with one attached hydrogen (secondary N) is 2. The Morgan fingerprint density at radius 1 is 1.06 bits per heavy atom. The molecule has 0 saturated heterocycles. The van der Waals surface area contributed by atoms with Gasteiger partial charge in [-0.2, -0.15) is 10.4 Å². The molecule has 3 amide bonds. The standard InChI is InChI=1S/C27H32N6O2/c1-6-15-32(26(35)29-21-11-9-20(17-28)10-12-21)18-25(34)30-24-16-23(27(3,4)5)31-33(24)22-13-7-19(2)8-14-22/h7-14,16H,6,15,18H2,1-5H3,(H,29,35)(H,30,34). The maximum atomic E-state index is 13.0. The van der Waals surface area contributed by atoms with Crippen LogP contribution in [0.1, 0.15) is 50.9 Å². The van der Waals surface area contributed by atoms with Crippen LogP contribution >= 0.6 is 0 Å². The summed E-state index contributed by atoms with van der Waals surface area (Å²) in [7, 11) is 0. The van der Waals surface area contributed by atoms with E-state index in [4.69, 9.17) is 10.4 Å². The quantitative estimate of drug-likeness (QED) is 0.491. The van der Waals surface area contributed by atoms with Gasteiger partial charge in [-0.15, -0.1) is 0 Å². The molecule has 0 aliphatic rings. The highest BCUT2D eigenvalue weighted by atomic mass is 16.2. The molecule has 35 heavy (non-hydrogen) atoms. The van der Waals surface area contributed by atoms with Crippen LogP contribution in [-0.2, 0) is 10.2 Å². The van der Waals surface area contributed by atoms with Gasteiger partial charge in [-0.05, 0) is 49.7 Å². The van der Waals surface area contributed by atoms with Crippen LogP contribution in [0.15, 0.2) is 54.6 Å². The SMILES string of the molecule is CCCN(CC(=O)Nc1cc(C(C)(C)C)nn1-c1ccc(C)cc1)C(=O)Nc1ccc(C#N)cc1. The molecule has 0 aliphatic heterocycles. The number of nitrogens with zero attached hydrogens (tertiary/aromatic N) is 4. The first-order chi connectivity index (χ1) is 16.6. The summed E-state index contributed by atoms with van der Waals surface area (Å²) in [5.41, 5.74) is 3.68. The molecule has 2 N–H and O–H groups in total. The minimum Gasteiger partial charge on any atom is -0.315 e. The van der Waals surface area contributed by atoms with Gasteiger partial charge in [0, 0.05) is 23.7 Å². The predicted octanol–water partition coefficient (Wildman–Crippen LogP) is 5.23.